The average molecular weight is 326 g/mol. The molecule has 1 amide bonds. The standard InChI is InChI=1S/C16H14N4O2S/c1-10(12-2-3-14(21)18-8-12)20-15(22)13-9-19-16(23-13)11-4-6-17-7-5-11/h2-10H,1H3,(H,18,21)(H,20,22)/t10-/m0/s1. The molecule has 3 aromatic rings. The summed E-state index contributed by atoms with van der Waals surface area (Å²) in [6.45, 7) is 1.86. The number of amides is 1. The summed E-state index contributed by atoms with van der Waals surface area (Å²) < 4.78 is 0. The summed E-state index contributed by atoms with van der Waals surface area (Å²) in [7, 11) is 0. The summed E-state index contributed by atoms with van der Waals surface area (Å²) in [6, 6.07) is 6.61. The molecule has 0 bridgehead atoms. The fourth-order valence-electron chi connectivity index (χ4n) is 2.05. The molecule has 0 aliphatic rings. The first-order chi connectivity index (χ1) is 11.1. The van der Waals surface area contributed by atoms with Gasteiger partial charge in [0, 0.05) is 30.2 Å². The lowest BCUT2D eigenvalue weighted by atomic mass is 10.1. The average Bonchev–Trinajstić information content (AvgIpc) is 3.06. The van der Waals surface area contributed by atoms with Crippen LogP contribution < -0.4 is 10.9 Å². The molecule has 0 fully saturated rings. The number of aromatic amines is 1. The molecule has 3 heterocycles. The Morgan fingerprint density at radius 1 is 1.26 bits per heavy atom. The summed E-state index contributed by atoms with van der Waals surface area (Å²) in [5, 5.41) is 3.67. The molecule has 23 heavy (non-hydrogen) atoms. The molecule has 0 radical (unpaired) electrons. The monoisotopic (exact) mass is 326 g/mol. The zero-order chi connectivity index (χ0) is 16.2. The maximum absolute atomic E-state index is 12.3. The molecule has 0 aliphatic carbocycles. The molecule has 0 saturated carbocycles. The van der Waals surface area contributed by atoms with Crippen LogP contribution in [-0.4, -0.2) is 20.9 Å². The molecule has 0 aliphatic heterocycles. The first kappa shape index (κ1) is 15.1. The van der Waals surface area contributed by atoms with Crippen LogP contribution >= 0.6 is 11.3 Å². The van der Waals surface area contributed by atoms with Gasteiger partial charge >= 0.3 is 0 Å². The highest BCUT2D eigenvalue weighted by Crippen LogP contribution is 2.24. The van der Waals surface area contributed by atoms with Crippen LogP contribution in [0.25, 0.3) is 10.6 Å². The van der Waals surface area contributed by atoms with Crippen molar-refractivity contribution in [1.29, 1.82) is 0 Å². The number of aromatic nitrogens is 3. The topological polar surface area (TPSA) is 87.7 Å². The van der Waals surface area contributed by atoms with Crippen molar-refractivity contribution in [3.05, 3.63) is 69.8 Å². The highest BCUT2D eigenvalue weighted by Gasteiger charge is 2.15. The Balaban J connectivity index is 1.72. The van der Waals surface area contributed by atoms with Gasteiger partial charge in [0.2, 0.25) is 5.56 Å². The number of thiazole rings is 1. The minimum absolute atomic E-state index is 0.170. The van der Waals surface area contributed by atoms with E-state index in [0.717, 1.165) is 16.1 Å². The molecule has 3 aromatic heterocycles. The van der Waals surface area contributed by atoms with E-state index in [4.69, 9.17) is 0 Å². The predicted octanol–water partition coefficient (Wildman–Crippen LogP) is 2.38. The summed E-state index contributed by atoms with van der Waals surface area (Å²) in [4.78, 5) is 34.8. The van der Waals surface area contributed by atoms with Crippen LogP contribution in [0.1, 0.15) is 28.2 Å². The van der Waals surface area contributed by atoms with Crippen molar-refractivity contribution in [2.45, 2.75) is 13.0 Å². The van der Waals surface area contributed by atoms with E-state index in [1.165, 1.54) is 17.4 Å². The van der Waals surface area contributed by atoms with Gasteiger partial charge in [0.05, 0.1) is 12.2 Å². The third-order valence-corrected chi connectivity index (χ3v) is 4.36. The zero-order valence-electron chi connectivity index (χ0n) is 12.3. The van der Waals surface area contributed by atoms with Crippen molar-refractivity contribution < 1.29 is 4.79 Å². The van der Waals surface area contributed by atoms with E-state index in [9.17, 15) is 9.59 Å². The fraction of sp³-hybridized carbons (Fsp3) is 0.125. The molecule has 0 saturated heterocycles. The quantitative estimate of drug-likeness (QED) is 0.770. The van der Waals surface area contributed by atoms with Gasteiger partial charge in [0.25, 0.3) is 5.91 Å². The number of nitrogens with zero attached hydrogens (tertiary/aromatic N) is 2. The van der Waals surface area contributed by atoms with Crippen LogP contribution in [0.2, 0.25) is 0 Å². The van der Waals surface area contributed by atoms with Crippen molar-refractivity contribution in [3.8, 4) is 10.6 Å². The molecule has 116 valence electrons. The van der Waals surface area contributed by atoms with Gasteiger partial charge in [0.15, 0.2) is 0 Å². The number of H-pyrrole nitrogens is 1. The zero-order valence-corrected chi connectivity index (χ0v) is 13.1. The van der Waals surface area contributed by atoms with E-state index in [2.05, 4.69) is 20.3 Å². The summed E-state index contributed by atoms with van der Waals surface area (Å²) >= 11 is 1.32. The highest BCUT2D eigenvalue weighted by molar-refractivity contribution is 7.16. The number of hydrogen-bond acceptors (Lipinski definition) is 5. The van der Waals surface area contributed by atoms with E-state index >= 15 is 0 Å². The van der Waals surface area contributed by atoms with Crippen LogP contribution in [0.4, 0.5) is 0 Å². The van der Waals surface area contributed by atoms with E-state index in [1.54, 1.807) is 30.9 Å². The van der Waals surface area contributed by atoms with Gasteiger partial charge in [-0.25, -0.2) is 4.98 Å². The van der Waals surface area contributed by atoms with Crippen molar-refractivity contribution in [2.24, 2.45) is 0 Å². The van der Waals surface area contributed by atoms with Gasteiger partial charge in [-0.1, -0.05) is 6.07 Å². The van der Waals surface area contributed by atoms with Gasteiger partial charge in [-0.05, 0) is 24.6 Å². The van der Waals surface area contributed by atoms with Gasteiger partial charge in [-0.3, -0.25) is 14.6 Å². The predicted molar refractivity (Wildman–Crippen MR) is 88.3 cm³/mol. The number of nitrogens with one attached hydrogen (secondary N) is 2. The molecule has 0 aromatic carbocycles. The van der Waals surface area contributed by atoms with Gasteiger partial charge < -0.3 is 10.3 Å². The minimum Gasteiger partial charge on any atom is -0.345 e. The molecule has 7 heteroatoms. The molecule has 6 nitrogen and oxygen atoms in total. The van der Waals surface area contributed by atoms with E-state index < -0.39 is 0 Å². The normalized spacial score (nSPS) is 11.9. The Labute approximate surface area is 136 Å². The van der Waals surface area contributed by atoms with Crippen molar-refractivity contribution in [2.75, 3.05) is 0 Å². The number of hydrogen-bond donors (Lipinski definition) is 2. The Bertz CT molecular complexity index is 853. The summed E-state index contributed by atoms with van der Waals surface area (Å²) in [5.74, 6) is -0.193. The molecule has 3 rings (SSSR count). The van der Waals surface area contributed by atoms with Gasteiger partial charge in [0.1, 0.15) is 9.88 Å². The summed E-state index contributed by atoms with van der Waals surface area (Å²) in [6.07, 6.45) is 6.54. The van der Waals surface area contributed by atoms with E-state index in [0.29, 0.717) is 4.88 Å². The minimum atomic E-state index is -0.217. The first-order valence-corrected chi connectivity index (χ1v) is 7.81. The third-order valence-electron chi connectivity index (χ3n) is 3.31. The lowest BCUT2D eigenvalue weighted by Crippen LogP contribution is -2.26. The SMILES string of the molecule is C[C@H](NC(=O)c1cnc(-c2ccncc2)s1)c1ccc(=O)[nH]c1. The van der Waals surface area contributed by atoms with Crippen LogP contribution in [0.15, 0.2) is 53.8 Å². The van der Waals surface area contributed by atoms with Crippen molar-refractivity contribution in [1.82, 2.24) is 20.3 Å². The second-order valence-electron chi connectivity index (χ2n) is 4.95. The first-order valence-electron chi connectivity index (χ1n) is 6.99. The van der Waals surface area contributed by atoms with Gasteiger partial charge in [-0.15, -0.1) is 11.3 Å². The second kappa shape index (κ2) is 6.53. The smallest absolute Gasteiger partial charge is 0.263 e. The largest absolute Gasteiger partial charge is 0.345 e. The Kier molecular flexibility index (Phi) is 4.29. The van der Waals surface area contributed by atoms with Crippen LogP contribution in [0.3, 0.4) is 0 Å². The molecular weight excluding hydrogens is 312 g/mol. The van der Waals surface area contributed by atoms with Crippen molar-refractivity contribution in [3.63, 3.8) is 0 Å². The lowest BCUT2D eigenvalue weighted by molar-refractivity contribution is 0.0943. The maximum atomic E-state index is 12.3. The molecule has 0 spiro atoms. The molecule has 2 N–H and O–H groups in total. The number of carbonyl (C=O) groups excluding carboxylic acids is 1. The molecule has 0 unspecified atom stereocenters. The summed E-state index contributed by atoms with van der Waals surface area (Å²) in [5.41, 5.74) is 1.59. The lowest BCUT2D eigenvalue weighted by Gasteiger charge is -2.12. The fourth-order valence-corrected chi connectivity index (χ4v) is 2.87. The van der Waals surface area contributed by atoms with Crippen LogP contribution in [0, 0.1) is 0 Å². The van der Waals surface area contributed by atoms with Crippen LogP contribution in [-0.2, 0) is 0 Å². The van der Waals surface area contributed by atoms with Crippen LogP contribution in [0.5, 0.6) is 0 Å². The highest BCUT2D eigenvalue weighted by atomic mass is 32.1. The maximum Gasteiger partial charge on any atom is 0.263 e. The second-order valence-corrected chi connectivity index (χ2v) is 5.98. The van der Waals surface area contributed by atoms with Crippen molar-refractivity contribution >= 4 is 17.2 Å². The van der Waals surface area contributed by atoms with Gasteiger partial charge in [-0.2, -0.15) is 0 Å². The molecular formula is C16H14N4O2S. The Morgan fingerprint density at radius 2 is 2.04 bits per heavy atom. The third kappa shape index (κ3) is 3.51. The number of rotatable bonds is 4. The van der Waals surface area contributed by atoms with E-state index in [-0.39, 0.29) is 17.5 Å². The number of pyridine rings is 2. The van der Waals surface area contributed by atoms with E-state index in [1.807, 2.05) is 19.1 Å². The Hall–Kier alpha value is -2.80. The molecule has 1 atom stereocenters. The number of carbonyl (C=O) groups is 1. The Morgan fingerprint density at radius 3 is 2.74 bits per heavy atom.